The zero-order chi connectivity index (χ0) is 19.9. The summed E-state index contributed by atoms with van der Waals surface area (Å²) in [6.45, 7) is 13.6. The number of thiocarbonyl (C=S) groups is 1. The number of ether oxygens (including phenoxy) is 1. The first-order valence-corrected chi connectivity index (χ1v) is 11.0. The number of rotatable bonds is 11. The molecule has 0 spiro atoms. The highest BCUT2D eigenvalue weighted by molar-refractivity contribution is 7.80. The quantitative estimate of drug-likeness (QED) is 0.356. The summed E-state index contributed by atoms with van der Waals surface area (Å²) < 4.78 is 5.61. The van der Waals surface area contributed by atoms with Crippen molar-refractivity contribution in [3.05, 3.63) is 34.9 Å². The molecule has 0 aromatic carbocycles. The maximum absolute atomic E-state index is 5.61. The van der Waals surface area contributed by atoms with Crippen LogP contribution in [0, 0.1) is 0 Å². The Balaban J connectivity index is 2.09. The predicted molar refractivity (Wildman–Crippen MR) is 122 cm³/mol. The molecule has 154 valence electrons. The Hall–Kier alpha value is -1.13. The first-order valence-electron chi connectivity index (χ1n) is 10.5. The Kier molecular flexibility index (Phi) is 13.2. The third-order valence-corrected chi connectivity index (χ3v) is 5.18. The maximum atomic E-state index is 5.61. The van der Waals surface area contributed by atoms with Gasteiger partial charge in [-0.05, 0) is 97.6 Å². The fourth-order valence-corrected chi connectivity index (χ4v) is 3.32. The van der Waals surface area contributed by atoms with Crippen LogP contribution in [0.25, 0.3) is 0 Å². The van der Waals surface area contributed by atoms with Gasteiger partial charge in [0.25, 0.3) is 5.17 Å². The minimum absolute atomic E-state index is 0.520. The molecule has 0 aliphatic carbocycles. The highest BCUT2D eigenvalue weighted by Crippen LogP contribution is 2.11. The van der Waals surface area contributed by atoms with Crippen molar-refractivity contribution in [2.45, 2.75) is 72.6 Å². The second kappa shape index (κ2) is 14.9. The van der Waals surface area contributed by atoms with Gasteiger partial charge in [-0.25, -0.2) is 0 Å². The Bertz CT molecular complexity index is 512. The van der Waals surface area contributed by atoms with Crippen LogP contribution in [0.2, 0.25) is 0 Å². The van der Waals surface area contributed by atoms with Gasteiger partial charge in [0.2, 0.25) is 0 Å². The zero-order valence-corrected chi connectivity index (χ0v) is 18.8. The molecule has 1 aliphatic rings. The minimum Gasteiger partial charge on any atom is -0.467 e. The molecule has 0 radical (unpaired) electrons. The summed E-state index contributed by atoms with van der Waals surface area (Å²) in [7, 11) is 0. The van der Waals surface area contributed by atoms with Gasteiger partial charge in [-0.3, -0.25) is 0 Å². The molecule has 0 aromatic rings. The van der Waals surface area contributed by atoms with E-state index in [1.54, 1.807) is 0 Å². The van der Waals surface area contributed by atoms with E-state index in [0.29, 0.717) is 11.8 Å². The lowest BCUT2D eigenvalue weighted by Crippen LogP contribution is -2.37. The predicted octanol–water partition coefficient (Wildman–Crippen LogP) is 5.78. The smallest absolute Gasteiger partial charge is 0.256 e. The topological polar surface area (TPSA) is 24.5 Å². The fraction of sp³-hybridized carbons (Fsp3) is 0.696. The lowest BCUT2D eigenvalue weighted by molar-refractivity contribution is 0.230. The third-order valence-electron chi connectivity index (χ3n) is 4.92. The highest BCUT2D eigenvalue weighted by Gasteiger charge is 2.09. The number of likely N-dealkylation sites (tertiary alicyclic amines) is 1. The van der Waals surface area contributed by atoms with Crippen LogP contribution >= 0.6 is 12.2 Å². The molecular formula is C23H40N2OS. The summed E-state index contributed by atoms with van der Waals surface area (Å²) in [5.74, 6) is 0. The minimum atomic E-state index is 0.520. The number of piperidine rings is 1. The molecule has 0 unspecified atom stereocenters. The Morgan fingerprint density at radius 1 is 0.926 bits per heavy atom. The van der Waals surface area contributed by atoms with Crippen molar-refractivity contribution >= 4 is 17.4 Å². The van der Waals surface area contributed by atoms with Crippen LogP contribution in [0.5, 0.6) is 0 Å². The van der Waals surface area contributed by atoms with Gasteiger partial charge in [0.1, 0.15) is 6.61 Å². The number of allylic oxidation sites excluding steroid dienone is 5. The molecule has 1 saturated heterocycles. The van der Waals surface area contributed by atoms with Crippen molar-refractivity contribution in [3.8, 4) is 0 Å². The molecule has 1 N–H and O–H groups in total. The normalized spacial score (nSPS) is 16.1. The first-order chi connectivity index (χ1) is 13.0. The molecular weight excluding hydrogens is 352 g/mol. The summed E-state index contributed by atoms with van der Waals surface area (Å²) in [5.41, 5.74) is 4.25. The molecule has 27 heavy (non-hydrogen) atoms. The lowest BCUT2D eigenvalue weighted by Gasteiger charge is -2.26. The maximum Gasteiger partial charge on any atom is 0.256 e. The van der Waals surface area contributed by atoms with Crippen LogP contribution in [-0.2, 0) is 4.74 Å². The van der Waals surface area contributed by atoms with Crippen LogP contribution < -0.4 is 5.32 Å². The first kappa shape index (κ1) is 23.9. The monoisotopic (exact) mass is 392 g/mol. The molecule has 0 bridgehead atoms. The van der Waals surface area contributed by atoms with Gasteiger partial charge >= 0.3 is 0 Å². The van der Waals surface area contributed by atoms with E-state index in [9.17, 15) is 0 Å². The van der Waals surface area contributed by atoms with Crippen molar-refractivity contribution in [3.63, 3.8) is 0 Å². The van der Waals surface area contributed by atoms with Crippen LogP contribution in [0.4, 0.5) is 0 Å². The molecule has 1 heterocycles. The molecule has 0 aromatic heterocycles. The molecule has 4 heteroatoms. The molecule has 1 aliphatic heterocycles. The second-order valence-electron chi connectivity index (χ2n) is 7.89. The third kappa shape index (κ3) is 13.7. The molecule has 0 atom stereocenters. The van der Waals surface area contributed by atoms with E-state index in [1.807, 2.05) is 0 Å². The summed E-state index contributed by atoms with van der Waals surface area (Å²) in [4.78, 5) is 2.50. The van der Waals surface area contributed by atoms with E-state index in [4.69, 9.17) is 17.0 Å². The average Bonchev–Trinajstić information content (AvgIpc) is 2.62. The van der Waals surface area contributed by atoms with Crippen LogP contribution in [-0.4, -0.2) is 42.9 Å². The van der Waals surface area contributed by atoms with Gasteiger partial charge in [0, 0.05) is 13.1 Å². The van der Waals surface area contributed by atoms with Gasteiger partial charge in [-0.2, -0.15) is 0 Å². The van der Waals surface area contributed by atoms with E-state index in [-0.39, 0.29) is 0 Å². The summed E-state index contributed by atoms with van der Waals surface area (Å²) in [5, 5.41) is 3.73. The largest absolute Gasteiger partial charge is 0.467 e. The van der Waals surface area contributed by atoms with E-state index in [2.05, 4.69) is 56.1 Å². The van der Waals surface area contributed by atoms with Crippen molar-refractivity contribution in [1.29, 1.82) is 0 Å². The van der Waals surface area contributed by atoms with Crippen LogP contribution in [0.3, 0.4) is 0 Å². The summed E-state index contributed by atoms with van der Waals surface area (Å²) in [6.07, 6.45) is 15.3. The van der Waals surface area contributed by atoms with Crippen LogP contribution in [0.15, 0.2) is 34.9 Å². The van der Waals surface area contributed by atoms with E-state index in [0.717, 1.165) is 38.8 Å². The summed E-state index contributed by atoms with van der Waals surface area (Å²) in [6, 6.07) is 0. The highest BCUT2D eigenvalue weighted by atomic mass is 32.1. The van der Waals surface area contributed by atoms with Crippen LogP contribution in [0.1, 0.15) is 72.6 Å². The van der Waals surface area contributed by atoms with Crippen molar-refractivity contribution in [1.82, 2.24) is 10.2 Å². The number of hydrogen-bond acceptors (Lipinski definition) is 3. The standard InChI is InChI=1S/C23H40N2OS/c1-20(2)10-8-11-21(3)12-9-13-22(4)14-19-26-23(27)24-15-18-25-16-6-5-7-17-25/h10,12,14H,5-9,11,13,15-19H2,1-4H3,(H,24,27)/b21-12+,22-14+. The molecule has 1 fully saturated rings. The van der Waals surface area contributed by atoms with Crippen molar-refractivity contribution < 1.29 is 4.74 Å². The average molecular weight is 393 g/mol. The zero-order valence-electron chi connectivity index (χ0n) is 18.0. The van der Waals surface area contributed by atoms with Gasteiger partial charge < -0.3 is 15.0 Å². The molecule has 0 saturated carbocycles. The second-order valence-corrected chi connectivity index (χ2v) is 8.26. The molecule has 1 rings (SSSR count). The van der Waals surface area contributed by atoms with Gasteiger partial charge in [-0.1, -0.05) is 35.3 Å². The number of hydrogen-bond donors (Lipinski definition) is 1. The lowest BCUT2D eigenvalue weighted by atomic mass is 10.1. The van der Waals surface area contributed by atoms with Gasteiger partial charge in [0.15, 0.2) is 0 Å². The van der Waals surface area contributed by atoms with Crippen molar-refractivity contribution in [2.24, 2.45) is 0 Å². The number of nitrogens with zero attached hydrogens (tertiary/aromatic N) is 1. The molecule has 0 amide bonds. The molecule has 3 nitrogen and oxygen atoms in total. The summed E-state index contributed by atoms with van der Waals surface area (Å²) >= 11 is 5.26. The van der Waals surface area contributed by atoms with E-state index < -0.39 is 0 Å². The van der Waals surface area contributed by atoms with E-state index in [1.165, 1.54) is 49.1 Å². The van der Waals surface area contributed by atoms with E-state index >= 15 is 0 Å². The van der Waals surface area contributed by atoms with Gasteiger partial charge in [-0.15, -0.1) is 0 Å². The Morgan fingerprint density at radius 3 is 2.22 bits per heavy atom. The van der Waals surface area contributed by atoms with Gasteiger partial charge in [0.05, 0.1) is 0 Å². The fourth-order valence-electron chi connectivity index (χ4n) is 3.15. The Labute approximate surface area is 172 Å². The SMILES string of the molecule is CC(C)=CCC/C(C)=C/CC/C(C)=C/COC(=S)NCCN1CCCCC1. The Morgan fingerprint density at radius 2 is 1.56 bits per heavy atom. The number of nitrogens with one attached hydrogen (secondary N) is 1. The van der Waals surface area contributed by atoms with Crippen molar-refractivity contribution in [2.75, 3.05) is 32.8 Å².